The van der Waals surface area contributed by atoms with Gasteiger partial charge in [-0.15, -0.1) is 0 Å². The Hall–Kier alpha value is -1.36. The second-order valence-corrected chi connectivity index (χ2v) is 4.07. The van der Waals surface area contributed by atoms with Crippen molar-refractivity contribution in [1.29, 1.82) is 0 Å². The molecule has 1 heterocycles. The van der Waals surface area contributed by atoms with Gasteiger partial charge in [0, 0.05) is 0 Å². The molecule has 0 aliphatic carbocycles. The quantitative estimate of drug-likeness (QED) is 0.702. The van der Waals surface area contributed by atoms with Crippen molar-refractivity contribution in [1.82, 2.24) is 4.72 Å². The zero-order valence-electron chi connectivity index (χ0n) is 7.07. The number of allylic oxidation sites excluding steroid dienone is 2. The molecule has 0 unspecified atom stereocenters. The monoisotopic (exact) mass is 199 g/mol. The molecule has 1 aliphatic rings. The van der Waals surface area contributed by atoms with Crippen LogP contribution in [0.15, 0.2) is 35.3 Å². The summed E-state index contributed by atoms with van der Waals surface area (Å²) in [6.45, 7) is 5.04. The molecule has 0 saturated heterocycles. The molecular weight excluding hydrogens is 190 g/mol. The highest BCUT2D eigenvalue weighted by Gasteiger charge is 2.31. The van der Waals surface area contributed by atoms with Crippen LogP contribution < -0.4 is 4.72 Å². The molecule has 4 nitrogen and oxygen atoms in total. The van der Waals surface area contributed by atoms with Crippen molar-refractivity contribution in [2.45, 2.75) is 6.92 Å². The van der Waals surface area contributed by atoms with E-state index in [-0.39, 0.29) is 10.5 Å². The summed E-state index contributed by atoms with van der Waals surface area (Å²) >= 11 is 0. The van der Waals surface area contributed by atoms with Crippen molar-refractivity contribution in [3.05, 3.63) is 35.3 Å². The van der Waals surface area contributed by atoms with E-state index in [0.29, 0.717) is 0 Å². The Morgan fingerprint density at radius 1 is 1.46 bits per heavy atom. The molecule has 0 spiro atoms. The third-order valence-corrected chi connectivity index (χ3v) is 2.97. The molecule has 0 fully saturated rings. The van der Waals surface area contributed by atoms with Crippen molar-refractivity contribution in [2.75, 3.05) is 0 Å². The number of rotatable bonds is 2. The first-order chi connectivity index (χ1) is 6.03. The minimum Gasteiger partial charge on any atom is -0.268 e. The van der Waals surface area contributed by atoms with Crippen LogP contribution in [0.1, 0.15) is 6.92 Å². The van der Waals surface area contributed by atoms with E-state index in [1.165, 1.54) is 6.08 Å². The first kappa shape index (κ1) is 9.73. The van der Waals surface area contributed by atoms with Gasteiger partial charge in [0.15, 0.2) is 0 Å². The van der Waals surface area contributed by atoms with Gasteiger partial charge < -0.3 is 0 Å². The van der Waals surface area contributed by atoms with E-state index >= 15 is 0 Å². The Morgan fingerprint density at radius 3 is 2.54 bits per heavy atom. The van der Waals surface area contributed by atoms with E-state index in [4.69, 9.17) is 0 Å². The van der Waals surface area contributed by atoms with Crippen molar-refractivity contribution in [3.8, 4) is 0 Å². The fourth-order valence-electron chi connectivity index (χ4n) is 1.03. The van der Waals surface area contributed by atoms with Gasteiger partial charge in [-0.3, -0.25) is 4.79 Å². The Morgan fingerprint density at radius 2 is 2.08 bits per heavy atom. The highest BCUT2D eigenvalue weighted by molar-refractivity contribution is 7.94. The normalized spacial score (nSPS) is 20.8. The molecule has 0 atom stereocenters. The largest absolute Gasteiger partial charge is 0.268 e. The van der Waals surface area contributed by atoms with Gasteiger partial charge in [-0.2, -0.15) is 0 Å². The predicted molar refractivity (Wildman–Crippen MR) is 49.1 cm³/mol. The molecular formula is C8H9NO3S. The second-order valence-electron chi connectivity index (χ2n) is 2.42. The van der Waals surface area contributed by atoms with E-state index in [9.17, 15) is 13.2 Å². The summed E-state index contributed by atoms with van der Waals surface area (Å²) < 4.78 is 24.3. The minimum absolute atomic E-state index is 0.0596. The van der Waals surface area contributed by atoms with Crippen LogP contribution in [-0.4, -0.2) is 14.3 Å². The standard InChI is InChI=1S/C8H9NO3S/c1-3-5-6-7(4-2)13(11,12)9-8(6)10/h3-5H,2H2,1H3,(H,9,10)/b5-3-. The molecule has 0 saturated carbocycles. The van der Waals surface area contributed by atoms with Gasteiger partial charge in [-0.1, -0.05) is 18.7 Å². The van der Waals surface area contributed by atoms with E-state index in [1.54, 1.807) is 13.0 Å². The minimum atomic E-state index is -3.65. The van der Waals surface area contributed by atoms with Gasteiger partial charge in [0.05, 0.1) is 10.5 Å². The Balaban J connectivity index is 3.41. The lowest BCUT2D eigenvalue weighted by atomic mass is 10.2. The van der Waals surface area contributed by atoms with Crippen LogP contribution in [0.25, 0.3) is 0 Å². The number of carbonyl (C=O) groups is 1. The maximum absolute atomic E-state index is 11.2. The second kappa shape index (κ2) is 3.18. The maximum atomic E-state index is 11.2. The summed E-state index contributed by atoms with van der Waals surface area (Å²) in [5.41, 5.74) is 0.137. The Kier molecular flexibility index (Phi) is 2.38. The van der Waals surface area contributed by atoms with E-state index in [1.807, 2.05) is 4.72 Å². The van der Waals surface area contributed by atoms with Crippen LogP contribution in [0.4, 0.5) is 0 Å². The Labute approximate surface area is 76.7 Å². The summed E-state index contributed by atoms with van der Waals surface area (Å²) in [6.07, 6.45) is 4.19. The van der Waals surface area contributed by atoms with E-state index in [0.717, 1.165) is 6.08 Å². The van der Waals surface area contributed by atoms with Crippen molar-refractivity contribution in [2.24, 2.45) is 0 Å². The van der Waals surface area contributed by atoms with Crippen LogP contribution in [-0.2, 0) is 14.8 Å². The lowest BCUT2D eigenvalue weighted by Gasteiger charge is -1.92. The van der Waals surface area contributed by atoms with Gasteiger partial charge in [0.25, 0.3) is 15.9 Å². The van der Waals surface area contributed by atoms with Gasteiger partial charge in [0.1, 0.15) is 0 Å². The number of hydrogen-bond acceptors (Lipinski definition) is 3. The molecule has 0 aromatic carbocycles. The topological polar surface area (TPSA) is 63.2 Å². The molecule has 1 N–H and O–H groups in total. The summed E-state index contributed by atoms with van der Waals surface area (Å²) in [7, 11) is -3.65. The highest BCUT2D eigenvalue weighted by Crippen LogP contribution is 2.20. The summed E-state index contributed by atoms with van der Waals surface area (Å²) in [5.74, 6) is -0.604. The van der Waals surface area contributed by atoms with Crippen LogP contribution in [0.3, 0.4) is 0 Å². The van der Waals surface area contributed by atoms with E-state index in [2.05, 4.69) is 6.58 Å². The molecule has 70 valence electrons. The SMILES string of the molecule is C=CC1=C(/C=C\C)C(=O)NS1(=O)=O. The van der Waals surface area contributed by atoms with Crippen LogP contribution in [0.2, 0.25) is 0 Å². The third kappa shape index (κ3) is 1.55. The fraction of sp³-hybridized carbons (Fsp3) is 0.125. The average Bonchev–Trinajstić information content (AvgIpc) is 2.22. The zero-order chi connectivity index (χ0) is 10.1. The van der Waals surface area contributed by atoms with Crippen molar-refractivity contribution in [3.63, 3.8) is 0 Å². The lowest BCUT2D eigenvalue weighted by molar-refractivity contribution is -0.115. The summed E-state index contributed by atoms with van der Waals surface area (Å²) in [5, 5.41) is 0. The smallest absolute Gasteiger partial charge is 0.266 e. The number of sulfonamides is 1. The molecule has 1 rings (SSSR count). The Bertz CT molecular complexity index is 415. The van der Waals surface area contributed by atoms with Crippen LogP contribution in [0.5, 0.6) is 0 Å². The predicted octanol–water partition coefficient (Wildman–Crippen LogP) is 0.462. The summed E-state index contributed by atoms with van der Waals surface area (Å²) in [4.78, 5) is 11.0. The van der Waals surface area contributed by atoms with Crippen LogP contribution >= 0.6 is 0 Å². The molecule has 0 aromatic heterocycles. The number of carbonyl (C=O) groups excluding carboxylic acids is 1. The molecule has 0 aromatic rings. The first-order valence-electron chi connectivity index (χ1n) is 3.59. The van der Waals surface area contributed by atoms with E-state index < -0.39 is 15.9 Å². The van der Waals surface area contributed by atoms with Crippen LogP contribution in [0, 0.1) is 0 Å². The van der Waals surface area contributed by atoms with Gasteiger partial charge in [0.2, 0.25) is 0 Å². The highest BCUT2D eigenvalue weighted by atomic mass is 32.2. The van der Waals surface area contributed by atoms with Crippen molar-refractivity contribution < 1.29 is 13.2 Å². The average molecular weight is 199 g/mol. The van der Waals surface area contributed by atoms with Crippen molar-refractivity contribution >= 4 is 15.9 Å². The fourth-order valence-corrected chi connectivity index (χ4v) is 2.17. The van der Waals surface area contributed by atoms with Gasteiger partial charge in [-0.25, -0.2) is 13.1 Å². The van der Waals surface area contributed by atoms with Gasteiger partial charge >= 0.3 is 0 Å². The molecule has 0 bridgehead atoms. The third-order valence-electron chi connectivity index (χ3n) is 1.55. The maximum Gasteiger partial charge on any atom is 0.266 e. The molecule has 0 radical (unpaired) electrons. The molecule has 5 heteroatoms. The molecule has 13 heavy (non-hydrogen) atoms. The zero-order valence-corrected chi connectivity index (χ0v) is 7.89. The first-order valence-corrected chi connectivity index (χ1v) is 5.08. The number of amides is 1. The van der Waals surface area contributed by atoms with Gasteiger partial charge in [-0.05, 0) is 13.0 Å². The number of hydrogen-bond donors (Lipinski definition) is 1. The molecule has 1 amide bonds. The molecule has 1 aliphatic heterocycles. The summed E-state index contributed by atoms with van der Waals surface area (Å²) in [6, 6.07) is 0. The lowest BCUT2D eigenvalue weighted by Crippen LogP contribution is -2.22. The number of nitrogens with one attached hydrogen (secondary N) is 1.